The van der Waals surface area contributed by atoms with E-state index in [1.54, 1.807) is 10.4 Å². The fraction of sp³-hybridized carbons (Fsp3) is 0.750. The predicted octanol–water partition coefficient (Wildman–Crippen LogP) is 3.79. The lowest BCUT2D eigenvalue weighted by Gasteiger charge is -2.34. The van der Waals surface area contributed by atoms with E-state index in [1.165, 1.54) is 30.6 Å². The van der Waals surface area contributed by atoms with Crippen molar-refractivity contribution in [1.29, 1.82) is 0 Å². The summed E-state index contributed by atoms with van der Waals surface area (Å²) < 4.78 is 27.6. The molecule has 5 nitrogen and oxygen atoms in total. The van der Waals surface area contributed by atoms with Crippen LogP contribution in [0, 0.1) is 0 Å². The molecule has 2 heterocycles. The van der Waals surface area contributed by atoms with Crippen LogP contribution in [0.1, 0.15) is 69.1 Å². The zero-order chi connectivity index (χ0) is 18.9. The van der Waals surface area contributed by atoms with Crippen molar-refractivity contribution in [3.05, 3.63) is 17.0 Å². The fourth-order valence-corrected chi connectivity index (χ4v) is 7.50. The van der Waals surface area contributed by atoms with E-state index in [2.05, 4.69) is 4.90 Å². The number of hydrogen-bond acceptors (Lipinski definition) is 4. The molecule has 1 aromatic rings. The van der Waals surface area contributed by atoms with Gasteiger partial charge in [0, 0.05) is 30.1 Å². The van der Waals surface area contributed by atoms with Gasteiger partial charge in [-0.1, -0.05) is 25.7 Å². The van der Waals surface area contributed by atoms with Crippen molar-refractivity contribution in [1.82, 2.24) is 9.21 Å². The molecule has 2 saturated carbocycles. The highest BCUT2D eigenvalue weighted by atomic mass is 32.2. The molecule has 0 spiro atoms. The number of carbonyl (C=O) groups is 1. The Morgan fingerprint density at radius 3 is 2.26 bits per heavy atom. The standard InChI is InChI=1S/C20H30N2O3S2/c23-19(22(17-9-10-17)16-7-3-1-4-8-16)15-18-11-12-20(26-18)27(24,25)21-13-5-2-6-14-21/h11-12,16-17H,1-10,13-15H2. The van der Waals surface area contributed by atoms with Crippen LogP contribution in [0.5, 0.6) is 0 Å². The summed E-state index contributed by atoms with van der Waals surface area (Å²) in [6.07, 6.45) is 11.6. The molecular formula is C20H30N2O3S2. The normalized spacial score (nSPS) is 22.7. The second kappa shape index (κ2) is 8.21. The van der Waals surface area contributed by atoms with Crippen molar-refractivity contribution in [2.45, 2.75) is 86.9 Å². The number of thiophene rings is 1. The first-order valence-electron chi connectivity index (χ1n) is 10.5. The Hall–Kier alpha value is -0.920. The van der Waals surface area contributed by atoms with E-state index in [0.29, 0.717) is 35.8 Å². The van der Waals surface area contributed by atoms with E-state index in [9.17, 15) is 13.2 Å². The zero-order valence-corrected chi connectivity index (χ0v) is 17.6. The number of sulfonamides is 1. The van der Waals surface area contributed by atoms with Crippen molar-refractivity contribution >= 4 is 27.3 Å². The lowest BCUT2D eigenvalue weighted by Crippen LogP contribution is -2.43. The number of hydrogen-bond donors (Lipinski definition) is 0. The molecule has 3 fully saturated rings. The first-order valence-corrected chi connectivity index (χ1v) is 12.7. The predicted molar refractivity (Wildman–Crippen MR) is 107 cm³/mol. The summed E-state index contributed by atoms with van der Waals surface area (Å²) in [5, 5.41) is 0. The van der Waals surface area contributed by atoms with Gasteiger partial charge in [0.2, 0.25) is 5.91 Å². The summed E-state index contributed by atoms with van der Waals surface area (Å²) in [5.41, 5.74) is 0. The third-order valence-corrected chi connectivity index (χ3v) is 9.52. The highest BCUT2D eigenvalue weighted by Crippen LogP contribution is 2.35. The van der Waals surface area contributed by atoms with Crippen LogP contribution in [0.15, 0.2) is 16.3 Å². The molecule has 27 heavy (non-hydrogen) atoms. The largest absolute Gasteiger partial charge is 0.336 e. The van der Waals surface area contributed by atoms with Crippen LogP contribution in [-0.4, -0.2) is 48.7 Å². The summed E-state index contributed by atoms with van der Waals surface area (Å²) in [6, 6.07) is 4.36. The van der Waals surface area contributed by atoms with Gasteiger partial charge in [-0.2, -0.15) is 4.31 Å². The average Bonchev–Trinajstić information content (AvgIpc) is 3.40. The van der Waals surface area contributed by atoms with Crippen LogP contribution < -0.4 is 0 Å². The first kappa shape index (κ1) is 19.4. The molecule has 7 heteroatoms. The van der Waals surface area contributed by atoms with E-state index in [4.69, 9.17) is 0 Å². The lowest BCUT2D eigenvalue weighted by atomic mass is 9.93. The van der Waals surface area contributed by atoms with Gasteiger partial charge < -0.3 is 4.90 Å². The molecule has 1 aromatic heterocycles. The average molecular weight is 411 g/mol. The molecular weight excluding hydrogens is 380 g/mol. The zero-order valence-electron chi connectivity index (χ0n) is 15.9. The van der Waals surface area contributed by atoms with Gasteiger partial charge in [-0.05, 0) is 50.7 Å². The van der Waals surface area contributed by atoms with E-state index < -0.39 is 10.0 Å². The van der Waals surface area contributed by atoms with E-state index in [0.717, 1.165) is 49.8 Å². The van der Waals surface area contributed by atoms with Gasteiger partial charge in [-0.3, -0.25) is 4.79 Å². The second-order valence-corrected chi connectivity index (χ2v) is 11.5. The fourth-order valence-electron chi connectivity index (χ4n) is 4.48. The monoisotopic (exact) mass is 410 g/mol. The smallest absolute Gasteiger partial charge is 0.252 e. The van der Waals surface area contributed by atoms with Crippen LogP contribution >= 0.6 is 11.3 Å². The lowest BCUT2D eigenvalue weighted by molar-refractivity contribution is -0.134. The second-order valence-electron chi connectivity index (χ2n) is 8.19. The van der Waals surface area contributed by atoms with Crippen LogP contribution in [0.4, 0.5) is 0 Å². The van der Waals surface area contributed by atoms with Gasteiger partial charge in [-0.15, -0.1) is 11.3 Å². The Balaban J connectivity index is 1.44. The van der Waals surface area contributed by atoms with Gasteiger partial charge in [0.05, 0.1) is 6.42 Å². The molecule has 0 atom stereocenters. The quantitative estimate of drug-likeness (QED) is 0.717. The molecule has 0 aromatic carbocycles. The maximum atomic E-state index is 13.0. The minimum Gasteiger partial charge on any atom is -0.336 e. The summed E-state index contributed by atoms with van der Waals surface area (Å²) >= 11 is 1.28. The van der Waals surface area contributed by atoms with Gasteiger partial charge in [-0.25, -0.2) is 8.42 Å². The van der Waals surface area contributed by atoms with Crippen molar-refractivity contribution in [2.24, 2.45) is 0 Å². The van der Waals surface area contributed by atoms with Crippen LogP contribution in [0.2, 0.25) is 0 Å². The van der Waals surface area contributed by atoms with Crippen molar-refractivity contribution in [2.75, 3.05) is 13.1 Å². The van der Waals surface area contributed by atoms with E-state index in [1.807, 2.05) is 6.07 Å². The molecule has 2 aliphatic carbocycles. The van der Waals surface area contributed by atoms with Crippen molar-refractivity contribution in [3.8, 4) is 0 Å². The molecule has 0 N–H and O–H groups in total. The molecule has 3 aliphatic rings. The Bertz CT molecular complexity index is 758. The summed E-state index contributed by atoms with van der Waals surface area (Å²) in [4.78, 5) is 16.0. The minimum atomic E-state index is -3.39. The molecule has 1 amide bonds. The summed E-state index contributed by atoms with van der Waals surface area (Å²) in [7, 11) is -3.39. The number of nitrogens with zero attached hydrogens (tertiary/aromatic N) is 2. The maximum Gasteiger partial charge on any atom is 0.252 e. The number of amides is 1. The highest BCUT2D eigenvalue weighted by molar-refractivity contribution is 7.91. The molecule has 1 aliphatic heterocycles. The number of piperidine rings is 1. The first-order chi connectivity index (χ1) is 13.1. The Labute approximate surface area is 166 Å². The SMILES string of the molecule is O=C(Cc1ccc(S(=O)(=O)N2CCCCC2)s1)N(C1CCCCC1)C1CC1. The molecule has 150 valence electrons. The summed E-state index contributed by atoms with van der Waals surface area (Å²) in [5.74, 6) is 0.188. The van der Waals surface area contributed by atoms with Crippen LogP contribution in [-0.2, 0) is 21.2 Å². The molecule has 0 radical (unpaired) electrons. The van der Waals surface area contributed by atoms with Crippen molar-refractivity contribution < 1.29 is 13.2 Å². The van der Waals surface area contributed by atoms with E-state index >= 15 is 0 Å². The Kier molecular flexibility index (Phi) is 5.90. The number of carbonyl (C=O) groups excluding carboxylic acids is 1. The Morgan fingerprint density at radius 2 is 1.59 bits per heavy atom. The Morgan fingerprint density at radius 1 is 0.963 bits per heavy atom. The minimum absolute atomic E-state index is 0.188. The maximum absolute atomic E-state index is 13.0. The van der Waals surface area contributed by atoms with Gasteiger partial charge in [0.25, 0.3) is 10.0 Å². The third kappa shape index (κ3) is 4.40. The van der Waals surface area contributed by atoms with Gasteiger partial charge >= 0.3 is 0 Å². The molecule has 0 unspecified atom stereocenters. The third-order valence-electron chi connectivity index (χ3n) is 6.07. The molecule has 4 rings (SSSR count). The highest BCUT2D eigenvalue weighted by Gasteiger charge is 2.37. The number of rotatable bonds is 6. The van der Waals surface area contributed by atoms with Crippen LogP contribution in [0.25, 0.3) is 0 Å². The molecule has 1 saturated heterocycles. The molecule has 0 bridgehead atoms. The topological polar surface area (TPSA) is 57.7 Å². The van der Waals surface area contributed by atoms with Gasteiger partial charge in [0.15, 0.2) is 0 Å². The van der Waals surface area contributed by atoms with E-state index in [-0.39, 0.29) is 5.91 Å². The van der Waals surface area contributed by atoms with Gasteiger partial charge in [0.1, 0.15) is 4.21 Å². The summed E-state index contributed by atoms with van der Waals surface area (Å²) in [6.45, 7) is 1.23. The van der Waals surface area contributed by atoms with Crippen molar-refractivity contribution in [3.63, 3.8) is 0 Å². The van der Waals surface area contributed by atoms with Crippen LogP contribution in [0.3, 0.4) is 0 Å².